The van der Waals surface area contributed by atoms with Gasteiger partial charge >= 0.3 is 12.4 Å². The van der Waals surface area contributed by atoms with Crippen LogP contribution in [0.4, 0.5) is 42.1 Å². The lowest BCUT2D eigenvalue weighted by Crippen LogP contribution is -2.35. The van der Waals surface area contributed by atoms with E-state index in [9.17, 15) is 45.4 Å². The van der Waals surface area contributed by atoms with Gasteiger partial charge in [-0.25, -0.2) is 4.39 Å². The van der Waals surface area contributed by atoms with Crippen LogP contribution in [-0.4, -0.2) is 55.2 Å². The average molecular weight is 698 g/mol. The van der Waals surface area contributed by atoms with Gasteiger partial charge in [0.2, 0.25) is 0 Å². The van der Waals surface area contributed by atoms with E-state index >= 15 is 0 Å². The first-order chi connectivity index (χ1) is 22.7. The zero-order valence-electron chi connectivity index (χ0n) is 25.4. The van der Waals surface area contributed by atoms with Crippen LogP contribution in [-0.2, 0) is 12.4 Å². The zero-order valence-corrected chi connectivity index (χ0v) is 26.2. The number of benzene rings is 3. The van der Waals surface area contributed by atoms with Crippen molar-refractivity contribution < 1.29 is 50.2 Å². The van der Waals surface area contributed by atoms with E-state index in [1.807, 2.05) is 6.07 Å². The smallest absolute Gasteiger partial charge is 0.419 e. The second kappa shape index (κ2) is 14.1. The number of carbonyl (C=O) groups is 2. The van der Waals surface area contributed by atoms with E-state index in [2.05, 4.69) is 15.5 Å². The van der Waals surface area contributed by atoms with Crippen molar-refractivity contribution in [3.8, 4) is 5.75 Å². The first-order valence-electron chi connectivity index (χ1n) is 14.8. The highest BCUT2D eigenvalue weighted by atomic mass is 32.1. The van der Waals surface area contributed by atoms with Crippen molar-refractivity contribution in [1.82, 2.24) is 4.90 Å². The number of ether oxygens (including phenoxy) is 1. The molecule has 1 aliphatic heterocycles. The van der Waals surface area contributed by atoms with Crippen LogP contribution in [0.3, 0.4) is 0 Å². The standard InChI is InChI=1S/C33H30F7N3O4S/c1-47-26-10-5-18(19-4-2-11-43(17-19)12-3-13-44)14-23(26)30(45)42-28-22-8-6-20(32(35,36)37)15-27(22)48-29(28)31(46)41-21-7-9-25(34)24(16-21)33(38,39)40/h5-10,14-16,19,44H,2-4,11-13,17H2,1H3,(H,41,46)(H,42,45). The third kappa shape index (κ3) is 7.74. The molecule has 1 aliphatic rings. The maximum atomic E-state index is 13.9. The molecule has 0 spiro atoms. The Kier molecular flexibility index (Phi) is 10.3. The third-order valence-electron chi connectivity index (χ3n) is 8.07. The van der Waals surface area contributed by atoms with Crippen molar-refractivity contribution >= 4 is 44.6 Å². The monoisotopic (exact) mass is 697 g/mol. The van der Waals surface area contributed by atoms with E-state index in [0.717, 1.165) is 55.8 Å². The fraction of sp³-hybridized carbons (Fsp3) is 0.333. The predicted octanol–water partition coefficient (Wildman–Crippen LogP) is 8.15. The summed E-state index contributed by atoms with van der Waals surface area (Å²) in [6.45, 7) is 2.37. The Morgan fingerprint density at radius 1 is 0.979 bits per heavy atom. The van der Waals surface area contributed by atoms with Gasteiger partial charge in [0, 0.05) is 35.5 Å². The molecule has 1 unspecified atom stereocenters. The Labute approximate surface area is 274 Å². The van der Waals surface area contributed by atoms with E-state index in [4.69, 9.17) is 4.74 Å². The number of halogens is 7. The van der Waals surface area contributed by atoms with Crippen molar-refractivity contribution in [2.24, 2.45) is 0 Å². The largest absolute Gasteiger partial charge is 0.496 e. The number of piperidine rings is 1. The molecule has 256 valence electrons. The first kappa shape index (κ1) is 35.1. The highest BCUT2D eigenvalue weighted by molar-refractivity contribution is 7.21. The fourth-order valence-electron chi connectivity index (χ4n) is 5.73. The molecule has 0 saturated carbocycles. The number of alkyl halides is 6. The third-order valence-corrected chi connectivity index (χ3v) is 9.22. The summed E-state index contributed by atoms with van der Waals surface area (Å²) >= 11 is 0.596. The van der Waals surface area contributed by atoms with Crippen LogP contribution in [0.15, 0.2) is 54.6 Å². The number of nitrogens with zero attached hydrogens (tertiary/aromatic N) is 1. The predicted molar refractivity (Wildman–Crippen MR) is 167 cm³/mol. The number of hydrogen-bond donors (Lipinski definition) is 3. The van der Waals surface area contributed by atoms with Crippen molar-refractivity contribution in [2.75, 3.05) is 44.0 Å². The van der Waals surface area contributed by atoms with Crippen LogP contribution in [0.25, 0.3) is 10.1 Å². The molecule has 48 heavy (non-hydrogen) atoms. The molecule has 3 aromatic carbocycles. The van der Waals surface area contributed by atoms with Crippen molar-refractivity contribution in [1.29, 1.82) is 0 Å². The van der Waals surface area contributed by atoms with E-state index in [0.29, 0.717) is 36.4 Å². The van der Waals surface area contributed by atoms with Crippen LogP contribution < -0.4 is 15.4 Å². The lowest BCUT2D eigenvalue weighted by molar-refractivity contribution is -0.140. The molecule has 1 atom stereocenters. The molecule has 0 aliphatic carbocycles. The number of fused-ring (bicyclic) bond motifs is 1. The quantitative estimate of drug-likeness (QED) is 0.154. The Morgan fingerprint density at radius 2 is 1.75 bits per heavy atom. The number of aliphatic hydroxyl groups excluding tert-OH is 1. The van der Waals surface area contributed by atoms with Gasteiger partial charge in [0.1, 0.15) is 16.4 Å². The van der Waals surface area contributed by atoms with E-state index in [1.165, 1.54) is 7.11 Å². The SMILES string of the molecule is COc1ccc(C2CCCN(CCCO)C2)cc1C(=O)Nc1c(C(=O)Nc2ccc(F)c(C(F)(F)F)c2)sc2cc(C(F)(F)F)ccc12. The van der Waals surface area contributed by atoms with Gasteiger partial charge in [-0.1, -0.05) is 12.1 Å². The fourth-order valence-corrected chi connectivity index (χ4v) is 6.82. The number of methoxy groups -OCH3 is 1. The summed E-state index contributed by atoms with van der Waals surface area (Å²) in [5.41, 5.74) is -2.28. The molecule has 3 N–H and O–H groups in total. The summed E-state index contributed by atoms with van der Waals surface area (Å²) in [6, 6.07) is 9.63. The Bertz CT molecular complexity index is 1820. The molecule has 1 fully saturated rings. The number of likely N-dealkylation sites (tertiary alicyclic amines) is 1. The minimum absolute atomic E-state index is 0.0220. The number of amides is 2. The second-order valence-corrected chi connectivity index (χ2v) is 12.3. The van der Waals surface area contributed by atoms with Gasteiger partial charge in [0.15, 0.2) is 0 Å². The zero-order chi connectivity index (χ0) is 34.8. The maximum absolute atomic E-state index is 13.9. The van der Waals surface area contributed by atoms with Crippen LogP contribution in [0.2, 0.25) is 0 Å². The molecule has 2 amide bonds. The molecule has 15 heteroatoms. The lowest BCUT2D eigenvalue weighted by atomic mass is 9.89. The van der Waals surface area contributed by atoms with Gasteiger partial charge in [-0.05, 0) is 79.8 Å². The number of carbonyl (C=O) groups excluding carboxylic acids is 2. The molecule has 7 nitrogen and oxygen atoms in total. The number of hydrogen-bond acceptors (Lipinski definition) is 6. The topological polar surface area (TPSA) is 90.9 Å². The minimum atomic E-state index is -5.06. The lowest BCUT2D eigenvalue weighted by Gasteiger charge is -2.33. The second-order valence-electron chi connectivity index (χ2n) is 11.3. The van der Waals surface area contributed by atoms with E-state index < -0.39 is 46.8 Å². The average Bonchev–Trinajstić information content (AvgIpc) is 3.41. The van der Waals surface area contributed by atoms with E-state index in [-0.39, 0.29) is 44.5 Å². The van der Waals surface area contributed by atoms with Crippen LogP contribution >= 0.6 is 11.3 Å². The van der Waals surface area contributed by atoms with Crippen LogP contribution in [0, 0.1) is 5.82 Å². The number of anilines is 2. The van der Waals surface area contributed by atoms with Crippen molar-refractivity contribution in [3.05, 3.63) is 87.5 Å². The molecule has 1 aromatic heterocycles. The molecular formula is C33H30F7N3O4S. The highest BCUT2D eigenvalue weighted by Crippen LogP contribution is 2.41. The van der Waals surface area contributed by atoms with Crippen molar-refractivity contribution in [2.45, 2.75) is 37.5 Å². The minimum Gasteiger partial charge on any atom is -0.496 e. The molecule has 0 radical (unpaired) electrons. The van der Waals surface area contributed by atoms with Crippen LogP contribution in [0.1, 0.15) is 61.9 Å². The summed E-state index contributed by atoms with van der Waals surface area (Å²) in [6.07, 6.45) is -7.39. The van der Waals surface area contributed by atoms with Crippen molar-refractivity contribution in [3.63, 3.8) is 0 Å². The summed E-state index contributed by atoms with van der Waals surface area (Å²) in [7, 11) is 1.36. The van der Waals surface area contributed by atoms with Gasteiger partial charge in [-0.3, -0.25) is 9.59 Å². The number of nitrogens with one attached hydrogen (secondary N) is 2. The highest BCUT2D eigenvalue weighted by Gasteiger charge is 2.35. The molecule has 4 aromatic rings. The summed E-state index contributed by atoms with van der Waals surface area (Å²) in [5, 5.41) is 14.2. The van der Waals surface area contributed by atoms with Gasteiger partial charge in [0.25, 0.3) is 11.8 Å². The molecule has 5 rings (SSSR count). The summed E-state index contributed by atoms with van der Waals surface area (Å²) < 4.78 is 99.7. The van der Waals surface area contributed by atoms with Gasteiger partial charge in [-0.2, -0.15) is 26.3 Å². The molecule has 0 bridgehead atoms. The Balaban J connectivity index is 1.51. The maximum Gasteiger partial charge on any atom is 0.419 e. The summed E-state index contributed by atoms with van der Waals surface area (Å²) in [4.78, 5) is 29.2. The van der Waals surface area contributed by atoms with Gasteiger partial charge in [0.05, 0.1) is 29.5 Å². The van der Waals surface area contributed by atoms with Crippen LogP contribution in [0.5, 0.6) is 5.75 Å². The van der Waals surface area contributed by atoms with Gasteiger partial charge in [-0.15, -0.1) is 11.3 Å². The molecular weight excluding hydrogens is 667 g/mol. The first-order valence-corrected chi connectivity index (χ1v) is 15.7. The Morgan fingerprint density at radius 3 is 2.44 bits per heavy atom. The molecule has 1 saturated heterocycles. The normalized spacial score (nSPS) is 15.8. The van der Waals surface area contributed by atoms with Gasteiger partial charge < -0.3 is 25.4 Å². The number of rotatable bonds is 9. The summed E-state index contributed by atoms with van der Waals surface area (Å²) in [5.74, 6) is -3.07. The Hall–Kier alpha value is -4.21. The molecule has 2 heterocycles. The number of aliphatic hydroxyl groups is 1. The number of thiophene rings is 1. The van der Waals surface area contributed by atoms with E-state index in [1.54, 1.807) is 12.1 Å².